The van der Waals surface area contributed by atoms with E-state index in [1.165, 1.54) is 24.0 Å². The Labute approximate surface area is 185 Å². The summed E-state index contributed by atoms with van der Waals surface area (Å²) in [6.07, 6.45) is 4.51. The SMILES string of the molecule is I.NC(=NCCS(=O)(=O)c1ccc(Br)cc1)Nc1cccc2c1CCCC2. The highest BCUT2D eigenvalue weighted by Gasteiger charge is 2.15. The van der Waals surface area contributed by atoms with Gasteiger partial charge >= 0.3 is 0 Å². The Bertz CT molecular complexity index is 915. The molecule has 0 atom stereocenters. The Morgan fingerprint density at radius 2 is 1.81 bits per heavy atom. The third-order valence-corrected chi connectivity index (χ3v) is 6.71. The average molecular weight is 564 g/mol. The maximum absolute atomic E-state index is 12.3. The minimum absolute atomic E-state index is 0. The van der Waals surface area contributed by atoms with Gasteiger partial charge in [0.25, 0.3) is 0 Å². The number of hydrogen-bond acceptors (Lipinski definition) is 3. The van der Waals surface area contributed by atoms with Crippen molar-refractivity contribution in [1.29, 1.82) is 0 Å². The van der Waals surface area contributed by atoms with E-state index in [9.17, 15) is 8.42 Å². The van der Waals surface area contributed by atoms with Crippen molar-refractivity contribution in [3.8, 4) is 0 Å². The minimum atomic E-state index is -3.37. The summed E-state index contributed by atoms with van der Waals surface area (Å²) >= 11 is 3.30. The van der Waals surface area contributed by atoms with Crippen LogP contribution < -0.4 is 11.1 Å². The Balaban J connectivity index is 0.00000261. The highest BCUT2D eigenvalue weighted by molar-refractivity contribution is 14.0. The van der Waals surface area contributed by atoms with E-state index in [0.717, 1.165) is 23.0 Å². The molecule has 0 aliphatic heterocycles. The molecule has 0 unspecified atom stereocenters. The van der Waals surface area contributed by atoms with Crippen molar-refractivity contribution in [3.63, 3.8) is 0 Å². The number of aryl methyl sites for hydroxylation is 1. The van der Waals surface area contributed by atoms with Crippen LogP contribution in [0.3, 0.4) is 0 Å². The van der Waals surface area contributed by atoms with E-state index in [-0.39, 0.29) is 42.2 Å². The number of guanidine groups is 1. The molecule has 0 amide bonds. The maximum atomic E-state index is 12.3. The van der Waals surface area contributed by atoms with E-state index >= 15 is 0 Å². The predicted molar refractivity (Wildman–Crippen MR) is 125 cm³/mol. The van der Waals surface area contributed by atoms with Crippen LogP contribution in [0, 0.1) is 0 Å². The number of fused-ring (bicyclic) bond motifs is 1. The number of rotatable bonds is 5. The number of sulfone groups is 1. The van der Waals surface area contributed by atoms with Gasteiger partial charge in [-0.1, -0.05) is 28.1 Å². The van der Waals surface area contributed by atoms with Crippen molar-refractivity contribution in [2.45, 2.75) is 30.6 Å². The normalized spacial score (nSPS) is 14.2. The lowest BCUT2D eigenvalue weighted by Crippen LogP contribution is -2.25. The van der Waals surface area contributed by atoms with Crippen LogP contribution in [0.1, 0.15) is 24.0 Å². The maximum Gasteiger partial charge on any atom is 0.193 e. The Morgan fingerprint density at radius 3 is 2.56 bits per heavy atom. The third-order valence-electron chi connectivity index (χ3n) is 4.47. The van der Waals surface area contributed by atoms with Gasteiger partial charge in [0.05, 0.1) is 17.2 Å². The number of anilines is 1. The fourth-order valence-electron chi connectivity index (χ4n) is 3.12. The van der Waals surface area contributed by atoms with Crippen molar-refractivity contribution in [1.82, 2.24) is 0 Å². The van der Waals surface area contributed by atoms with E-state index in [2.05, 4.69) is 32.3 Å². The zero-order chi connectivity index (χ0) is 18.6. The molecule has 1 aliphatic rings. The number of nitrogens with one attached hydrogen (secondary N) is 1. The van der Waals surface area contributed by atoms with Crippen LogP contribution in [0.2, 0.25) is 0 Å². The number of hydrogen-bond donors (Lipinski definition) is 2. The lowest BCUT2D eigenvalue weighted by Gasteiger charge is -2.19. The summed E-state index contributed by atoms with van der Waals surface area (Å²) in [6, 6.07) is 12.7. The van der Waals surface area contributed by atoms with Gasteiger partial charge in [0.1, 0.15) is 0 Å². The first-order chi connectivity index (χ1) is 12.5. The quantitative estimate of drug-likeness (QED) is 0.325. The molecule has 0 spiro atoms. The van der Waals surface area contributed by atoms with Crippen molar-refractivity contribution in [2.75, 3.05) is 17.6 Å². The second kappa shape index (κ2) is 9.88. The Kier molecular flexibility index (Phi) is 8.11. The molecule has 0 aromatic heterocycles. The molecule has 5 nitrogen and oxygen atoms in total. The molecule has 0 heterocycles. The molecule has 2 aromatic rings. The first-order valence-electron chi connectivity index (χ1n) is 8.62. The molecule has 27 heavy (non-hydrogen) atoms. The number of aliphatic imine (C=N–C) groups is 1. The molecule has 8 heteroatoms. The van der Waals surface area contributed by atoms with Crippen LogP contribution in [0.25, 0.3) is 0 Å². The van der Waals surface area contributed by atoms with E-state index < -0.39 is 9.84 Å². The topological polar surface area (TPSA) is 84.5 Å². The highest BCUT2D eigenvalue weighted by Crippen LogP contribution is 2.27. The van der Waals surface area contributed by atoms with Crippen molar-refractivity contribution in [3.05, 3.63) is 58.1 Å². The Morgan fingerprint density at radius 1 is 1.11 bits per heavy atom. The van der Waals surface area contributed by atoms with Crippen LogP contribution in [-0.4, -0.2) is 26.7 Å². The van der Waals surface area contributed by atoms with E-state index in [1.807, 2.05) is 12.1 Å². The summed E-state index contributed by atoms with van der Waals surface area (Å²) in [4.78, 5) is 4.48. The largest absolute Gasteiger partial charge is 0.370 e. The first-order valence-corrected chi connectivity index (χ1v) is 11.1. The molecule has 0 bridgehead atoms. The fourth-order valence-corrected chi connectivity index (χ4v) is 4.50. The minimum Gasteiger partial charge on any atom is -0.370 e. The number of nitrogens with two attached hydrogens (primary N) is 1. The van der Waals surface area contributed by atoms with Gasteiger partial charge in [-0.05, 0) is 67.1 Å². The standard InChI is InChI=1S/C19H22BrN3O2S.HI/c20-15-8-10-16(11-9-15)26(24,25)13-12-22-19(21)23-18-7-3-5-14-4-1-2-6-17(14)18;/h3,5,7-11H,1-2,4,6,12-13H2,(H3,21,22,23);1H. The zero-order valence-electron chi connectivity index (χ0n) is 14.8. The van der Waals surface area contributed by atoms with Gasteiger partial charge in [0.15, 0.2) is 15.8 Å². The average Bonchev–Trinajstić information content (AvgIpc) is 2.62. The van der Waals surface area contributed by atoms with Crippen LogP contribution in [0.4, 0.5) is 5.69 Å². The smallest absolute Gasteiger partial charge is 0.193 e. The molecule has 0 saturated heterocycles. The molecular formula is C19H23BrIN3O2S. The van der Waals surface area contributed by atoms with Gasteiger partial charge in [-0.15, -0.1) is 24.0 Å². The van der Waals surface area contributed by atoms with Crippen LogP contribution >= 0.6 is 39.9 Å². The summed E-state index contributed by atoms with van der Waals surface area (Å²) in [5.74, 6) is 0.166. The van der Waals surface area contributed by atoms with Crippen LogP contribution in [0.15, 0.2) is 56.8 Å². The van der Waals surface area contributed by atoms with Gasteiger partial charge in [-0.3, -0.25) is 4.99 Å². The van der Waals surface area contributed by atoms with Crippen molar-refractivity contribution < 1.29 is 8.42 Å². The summed E-state index contributed by atoms with van der Waals surface area (Å²) in [5, 5.41) is 3.13. The van der Waals surface area contributed by atoms with Gasteiger partial charge in [-0.25, -0.2) is 8.42 Å². The van der Waals surface area contributed by atoms with Gasteiger partial charge in [0.2, 0.25) is 0 Å². The number of benzene rings is 2. The van der Waals surface area contributed by atoms with E-state index in [4.69, 9.17) is 5.73 Å². The predicted octanol–water partition coefficient (Wildman–Crippen LogP) is 4.15. The summed E-state index contributed by atoms with van der Waals surface area (Å²) in [6.45, 7) is 0.117. The number of halogens is 2. The molecule has 0 saturated carbocycles. The van der Waals surface area contributed by atoms with Gasteiger partial charge in [0, 0.05) is 10.2 Å². The van der Waals surface area contributed by atoms with Crippen LogP contribution in [0.5, 0.6) is 0 Å². The molecule has 0 radical (unpaired) electrons. The second-order valence-electron chi connectivity index (χ2n) is 6.32. The summed E-state index contributed by atoms with van der Waals surface area (Å²) in [5.41, 5.74) is 9.58. The highest BCUT2D eigenvalue weighted by atomic mass is 127. The number of nitrogens with zero attached hydrogens (tertiary/aromatic N) is 1. The monoisotopic (exact) mass is 563 g/mol. The second-order valence-corrected chi connectivity index (χ2v) is 9.34. The lowest BCUT2D eigenvalue weighted by atomic mass is 9.90. The molecule has 3 rings (SSSR count). The molecular weight excluding hydrogens is 541 g/mol. The lowest BCUT2D eigenvalue weighted by molar-refractivity contribution is 0.596. The molecule has 3 N–H and O–H groups in total. The van der Waals surface area contributed by atoms with Gasteiger partial charge in [-0.2, -0.15) is 0 Å². The van der Waals surface area contributed by atoms with E-state index in [0.29, 0.717) is 4.90 Å². The fraction of sp³-hybridized carbons (Fsp3) is 0.316. The third kappa shape index (κ3) is 5.92. The molecule has 0 fully saturated rings. The first kappa shape index (κ1) is 22.2. The molecule has 146 valence electrons. The summed E-state index contributed by atoms with van der Waals surface area (Å²) < 4.78 is 25.5. The molecule has 1 aliphatic carbocycles. The van der Waals surface area contributed by atoms with E-state index in [1.54, 1.807) is 24.3 Å². The van der Waals surface area contributed by atoms with Gasteiger partial charge < -0.3 is 11.1 Å². The molecule has 2 aromatic carbocycles. The van der Waals surface area contributed by atoms with Crippen LogP contribution in [-0.2, 0) is 22.7 Å². The Hall–Kier alpha value is -1.13. The zero-order valence-corrected chi connectivity index (χ0v) is 19.6. The van der Waals surface area contributed by atoms with Crippen molar-refractivity contribution >= 4 is 61.4 Å². The van der Waals surface area contributed by atoms with Crippen molar-refractivity contribution in [2.24, 2.45) is 10.7 Å². The summed E-state index contributed by atoms with van der Waals surface area (Å²) in [7, 11) is -3.37.